The first-order chi connectivity index (χ1) is 10.2. The summed E-state index contributed by atoms with van der Waals surface area (Å²) >= 11 is 1.39. The number of carbonyl (C=O) groups excluding carboxylic acids is 1. The molecule has 0 spiro atoms. The summed E-state index contributed by atoms with van der Waals surface area (Å²) in [5.74, 6) is 0.417. The standard InChI is InChI=1S/C14H22N4O2S/c1-3-5-17-13(19)12-10(15)11(20-2)14(21-12)18-8-4-6-16-7-9-18/h3,16H,1,4-9,15H2,2H3,(H,17,19). The maximum atomic E-state index is 12.1. The largest absolute Gasteiger partial charge is 0.492 e. The highest BCUT2D eigenvalue weighted by molar-refractivity contribution is 7.19. The molecule has 0 bridgehead atoms. The lowest BCUT2D eigenvalue weighted by molar-refractivity contribution is 0.0962. The third-order valence-electron chi connectivity index (χ3n) is 3.33. The minimum Gasteiger partial charge on any atom is -0.492 e. The fourth-order valence-corrected chi connectivity index (χ4v) is 3.44. The van der Waals surface area contributed by atoms with Gasteiger partial charge >= 0.3 is 0 Å². The molecule has 0 atom stereocenters. The van der Waals surface area contributed by atoms with E-state index < -0.39 is 0 Å². The number of methoxy groups -OCH3 is 1. The molecule has 116 valence electrons. The molecule has 1 aliphatic heterocycles. The van der Waals surface area contributed by atoms with Crippen molar-refractivity contribution in [2.45, 2.75) is 6.42 Å². The molecular weight excluding hydrogens is 288 g/mol. The molecule has 0 aromatic carbocycles. The lowest BCUT2D eigenvalue weighted by atomic mass is 10.3. The molecule has 0 saturated carbocycles. The lowest BCUT2D eigenvalue weighted by Gasteiger charge is -2.21. The molecule has 1 aromatic heterocycles. The summed E-state index contributed by atoms with van der Waals surface area (Å²) in [4.78, 5) is 14.9. The fraction of sp³-hybridized carbons (Fsp3) is 0.500. The van der Waals surface area contributed by atoms with Gasteiger partial charge in [-0.05, 0) is 13.0 Å². The summed E-state index contributed by atoms with van der Waals surface area (Å²) in [6.07, 6.45) is 2.69. The van der Waals surface area contributed by atoms with Crippen LogP contribution >= 0.6 is 11.3 Å². The van der Waals surface area contributed by atoms with Crippen LogP contribution in [0.25, 0.3) is 0 Å². The zero-order valence-corrected chi connectivity index (χ0v) is 13.1. The molecule has 7 heteroatoms. The molecule has 21 heavy (non-hydrogen) atoms. The van der Waals surface area contributed by atoms with Gasteiger partial charge in [-0.25, -0.2) is 0 Å². The van der Waals surface area contributed by atoms with Gasteiger partial charge in [0.15, 0.2) is 5.75 Å². The average Bonchev–Trinajstić information content (AvgIpc) is 2.68. The van der Waals surface area contributed by atoms with E-state index in [1.807, 2.05) is 0 Å². The van der Waals surface area contributed by atoms with Crippen LogP contribution in [0, 0.1) is 0 Å². The Hall–Kier alpha value is -1.73. The Morgan fingerprint density at radius 3 is 3.10 bits per heavy atom. The van der Waals surface area contributed by atoms with Crippen molar-refractivity contribution in [3.8, 4) is 5.75 Å². The molecule has 1 amide bonds. The third-order valence-corrected chi connectivity index (χ3v) is 4.57. The summed E-state index contributed by atoms with van der Waals surface area (Å²) in [6, 6.07) is 0. The minimum absolute atomic E-state index is 0.185. The van der Waals surface area contributed by atoms with Crippen LogP contribution in [-0.4, -0.2) is 45.7 Å². The summed E-state index contributed by atoms with van der Waals surface area (Å²) in [7, 11) is 1.59. The number of hydrogen-bond donors (Lipinski definition) is 3. The second-order valence-corrected chi connectivity index (χ2v) is 5.77. The zero-order valence-electron chi connectivity index (χ0n) is 12.3. The zero-order chi connectivity index (χ0) is 15.2. The maximum absolute atomic E-state index is 12.1. The van der Waals surface area contributed by atoms with E-state index in [1.54, 1.807) is 13.2 Å². The number of rotatable bonds is 5. The van der Waals surface area contributed by atoms with Crippen LogP contribution in [0.4, 0.5) is 10.7 Å². The van der Waals surface area contributed by atoms with Crippen molar-refractivity contribution in [3.05, 3.63) is 17.5 Å². The Morgan fingerprint density at radius 1 is 1.57 bits per heavy atom. The molecular formula is C14H22N4O2S. The smallest absolute Gasteiger partial charge is 0.263 e. The number of anilines is 2. The molecule has 2 heterocycles. The number of nitrogens with zero attached hydrogens (tertiary/aromatic N) is 1. The quantitative estimate of drug-likeness (QED) is 0.709. The number of hydrogen-bond acceptors (Lipinski definition) is 6. The van der Waals surface area contributed by atoms with E-state index in [9.17, 15) is 4.79 Å². The van der Waals surface area contributed by atoms with Crippen LogP contribution in [0.3, 0.4) is 0 Å². The van der Waals surface area contributed by atoms with E-state index in [0.29, 0.717) is 22.9 Å². The molecule has 6 nitrogen and oxygen atoms in total. The van der Waals surface area contributed by atoms with Gasteiger partial charge in [0.05, 0.1) is 7.11 Å². The van der Waals surface area contributed by atoms with Crippen molar-refractivity contribution in [1.29, 1.82) is 0 Å². The Morgan fingerprint density at radius 2 is 2.38 bits per heavy atom. The highest BCUT2D eigenvalue weighted by Gasteiger charge is 2.25. The third kappa shape index (κ3) is 3.48. The van der Waals surface area contributed by atoms with E-state index in [1.165, 1.54) is 11.3 Å². The lowest BCUT2D eigenvalue weighted by Crippen LogP contribution is -2.27. The van der Waals surface area contributed by atoms with Crippen molar-refractivity contribution in [2.24, 2.45) is 0 Å². The highest BCUT2D eigenvalue weighted by atomic mass is 32.1. The van der Waals surface area contributed by atoms with Crippen LogP contribution < -0.4 is 26.0 Å². The Bertz CT molecular complexity index is 507. The van der Waals surface area contributed by atoms with Crippen LogP contribution in [0.1, 0.15) is 16.1 Å². The maximum Gasteiger partial charge on any atom is 0.263 e. The highest BCUT2D eigenvalue weighted by Crippen LogP contribution is 2.44. The van der Waals surface area contributed by atoms with Crippen LogP contribution in [-0.2, 0) is 0 Å². The van der Waals surface area contributed by atoms with Gasteiger partial charge in [0, 0.05) is 26.2 Å². The van der Waals surface area contributed by atoms with Gasteiger partial charge in [-0.1, -0.05) is 6.08 Å². The Balaban J connectivity index is 2.28. The molecule has 1 aliphatic rings. The number of nitrogens with one attached hydrogen (secondary N) is 2. The van der Waals surface area contributed by atoms with Gasteiger partial charge in [-0.15, -0.1) is 17.9 Å². The number of ether oxygens (including phenoxy) is 1. The first-order valence-corrected chi connectivity index (χ1v) is 7.81. The predicted octanol–water partition coefficient (Wildman–Crippen LogP) is 1.05. The first-order valence-electron chi connectivity index (χ1n) is 7.00. The summed E-state index contributed by atoms with van der Waals surface area (Å²) in [5, 5.41) is 7.05. The number of carbonyl (C=O) groups is 1. The van der Waals surface area contributed by atoms with Crippen molar-refractivity contribution < 1.29 is 9.53 Å². The molecule has 1 aromatic rings. The molecule has 2 rings (SSSR count). The van der Waals surface area contributed by atoms with E-state index in [2.05, 4.69) is 22.1 Å². The fourth-order valence-electron chi connectivity index (χ4n) is 2.28. The van der Waals surface area contributed by atoms with E-state index in [4.69, 9.17) is 10.5 Å². The molecule has 1 fully saturated rings. The molecule has 1 saturated heterocycles. The van der Waals surface area contributed by atoms with Gasteiger partial charge in [-0.2, -0.15) is 0 Å². The predicted molar refractivity (Wildman–Crippen MR) is 87.5 cm³/mol. The minimum atomic E-state index is -0.185. The van der Waals surface area contributed by atoms with Gasteiger partial charge in [0.2, 0.25) is 0 Å². The summed E-state index contributed by atoms with van der Waals surface area (Å²) in [6.45, 7) is 7.74. The summed E-state index contributed by atoms with van der Waals surface area (Å²) < 4.78 is 5.43. The molecule has 0 aliphatic carbocycles. The molecule has 0 unspecified atom stereocenters. The van der Waals surface area contributed by atoms with Gasteiger partial charge in [-0.3, -0.25) is 4.79 Å². The monoisotopic (exact) mass is 310 g/mol. The van der Waals surface area contributed by atoms with Gasteiger partial charge in [0.25, 0.3) is 5.91 Å². The van der Waals surface area contributed by atoms with Crippen LogP contribution in [0.5, 0.6) is 5.75 Å². The van der Waals surface area contributed by atoms with E-state index >= 15 is 0 Å². The van der Waals surface area contributed by atoms with Crippen molar-refractivity contribution in [1.82, 2.24) is 10.6 Å². The number of nitrogen functional groups attached to an aromatic ring is 1. The second kappa shape index (κ2) is 7.33. The molecule has 0 radical (unpaired) electrons. The topological polar surface area (TPSA) is 79.6 Å². The van der Waals surface area contributed by atoms with Crippen molar-refractivity contribution >= 4 is 27.9 Å². The SMILES string of the molecule is C=CCNC(=O)c1sc(N2CCCNCC2)c(OC)c1N. The van der Waals surface area contributed by atoms with Crippen LogP contribution in [0.15, 0.2) is 12.7 Å². The van der Waals surface area contributed by atoms with Crippen molar-refractivity contribution in [3.63, 3.8) is 0 Å². The average molecular weight is 310 g/mol. The van der Waals surface area contributed by atoms with Crippen LogP contribution in [0.2, 0.25) is 0 Å². The number of amides is 1. The second-order valence-electron chi connectivity index (χ2n) is 4.77. The number of thiophene rings is 1. The van der Waals surface area contributed by atoms with E-state index in [0.717, 1.165) is 37.6 Å². The van der Waals surface area contributed by atoms with E-state index in [-0.39, 0.29) is 5.91 Å². The first kappa shape index (κ1) is 15.7. The normalized spacial score (nSPS) is 15.4. The van der Waals surface area contributed by atoms with Gasteiger partial charge < -0.3 is 26.0 Å². The van der Waals surface area contributed by atoms with Gasteiger partial charge in [0.1, 0.15) is 15.6 Å². The Labute approximate surface area is 129 Å². The summed E-state index contributed by atoms with van der Waals surface area (Å²) in [5.41, 5.74) is 6.50. The number of nitrogens with two attached hydrogens (primary N) is 1. The molecule has 4 N–H and O–H groups in total. The Kier molecular flexibility index (Phi) is 5.46. The van der Waals surface area contributed by atoms with Crippen molar-refractivity contribution in [2.75, 3.05) is 50.5 Å².